The third kappa shape index (κ3) is 2.88. The second-order valence-corrected chi connectivity index (χ2v) is 8.16. The van der Waals surface area contributed by atoms with E-state index in [1.807, 2.05) is 0 Å². The predicted molar refractivity (Wildman–Crippen MR) is 83.3 cm³/mol. The fourth-order valence-corrected chi connectivity index (χ4v) is 4.60. The maximum atomic E-state index is 12.2. The zero-order valence-corrected chi connectivity index (χ0v) is 13.7. The Morgan fingerprint density at radius 2 is 1.65 bits per heavy atom. The molecule has 0 aromatic heterocycles. The van der Waals surface area contributed by atoms with Gasteiger partial charge in [0.15, 0.2) is 0 Å². The van der Waals surface area contributed by atoms with Gasteiger partial charge in [0.25, 0.3) is 0 Å². The van der Waals surface area contributed by atoms with Crippen molar-refractivity contribution < 1.29 is 4.79 Å². The second-order valence-electron chi connectivity index (χ2n) is 8.16. The van der Waals surface area contributed by atoms with Crippen LogP contribution in [-0.4, -0.2) is 18.0 Å². The summed E-state index contributed by atoms with van der Waals surface area (Å²) in [7, 11) is 0. The summed E-state index contributed by atoms with van der Waals surface area (Å²) >= 11 is 0. The molecule has 2 aliphatic carbocycles. The number of carbonyl (C=O) groups excluding carboxylic acids is 1. The molecule has 0 atom stereocenters. The van der Waals surface area contributed by atoms with E-state index in [1.54, 1.807) is 0 Å². The molecule has 1 amide bonds. The lowest BCUT2D eigenvalue weighted by Crippen LogP contribution is -2.76. The summed E-state index contributed by atoms with van der Waals surface area (Å²) in [5, 5.41) is 3.25. The van der Waals surface area contributed by atoms with Crippen LogP contribution in [0.25, 0.3) is 0 Å². The highest BCUT2D eigenvalue weighted by Crippen LogP contribution is 2.52. The van der Waals surface area contributed by atoms with Crippen LogP contribution in [0.5, 0.6) is 0 Å². The quantitative estimate of drug-likeness (QED) is 0.830. The number of rotatable bonds is 4. The Morgan fingerprint density at radius 1 is 1.10 bits per heavy atom. The van der Waals surface area contributed by atoms with E-state index in [0.29, 0.717) is 6.42 Å². The van der Waals surface area contributed by atoms with Crippen molar-refractivity contribution in [3.63, 3.8) is 0 Å². The molecular formula is C17H32N2O. The predicted octanol–water partition coefficient (Wildman–Crippen LogP) is 3.23. The maximum Gasteiger partial charge on any atom is 0.220 e. The first-order chi connectivity index (χ1) is 9.26. The van der Waals surface area contributed by atoms with Crippen LogP contribution in [0, 0.1) is 16.7 Å². The molecule has 0 spiro atoms. The van der Waals surface area contributed by atoms with Crippen molar-refractivity contribution in [1.29, 1.82) is 0 Å². The van der Waals surface area contributed by atoms with Gasteiger partial charge in [-0.05, 0) is 12.3 Å². The maximum absolute atomic E-state index is 12.2. The molecule has 0 bridgehead atoms. The summed E-state index contributed by atoms with van der Waals surface area (Å²) < 4.78 is 0. The fourth-order valence-electron chi connectivity index (χ4n) is 4.60. The van der Waals surface area contributed by atoms with Crippen molar-refractivity contribution in [3.05, 3.63) is 0 Å². The Bertz CT molecular complexity index is 340. The number of amides is 1. The van der Waals surface area contributed by atoms with Crippen LogP contribution in [0.3, 0.4) is 0 Å². The van der Waals surface area contributed by atoms with Crippen molar-refractivity contribution in [3.8, 4) is 0 Å². The zero-order valence-electron chi connectivity index (χ0n) is 13.7. The third-order valence-electron chi connectivity index (χ3n) is 5.90. The molecule has 0 unspecified atom stereocenters. The summed E-state index contributed by atoms with van der Waals surface area (Å²) in [6.07, 6.45) is 8.46. The first-order valence-electron chi connectivity index (χ1n) is 8.31. The van der Waals surface area contributed by atoms with Crippen molar-refractivity contribution in [2.75, 3.05) is 0 Å². The highest BCUT2D eigenvalue weighted by Gasteiger charge is 2.60. The number of hydrogen-bond donors (Lipinski definition) is 2. The molecule has 0 heterocycles. The summed E-state index contributed by atoms with van der Waals surface area (Å²) in [6.45, 7) is 8.65. The van der Waals surface area contributed by atoms with Gasteiger partial charge in [0, 0.05) is 29.3 Å². The summed E-state index contributed by atoms with van der Waals surface area (Å²) in [5.74, 6) is 0.993. The van der Waals surface area contributed by atoms with E-state index in [4.69, 9.17) is 5.73 Å². The van der Waals surface area contributed by atoms with E-state index in [1.165, 1.54) is 32.1 Å². The van der Waals surface area contributed by atoms with E-state index >= 15 is 0 Å². The van der Waals surface area contributed by atoms with Crippen LogP contribution in [0.4, 0.5) is 0 Å². The Morgan fingerprint density at radius 3 is 2.20 bits per heavy atom. The molecule has 0 saturated heterocycles. The molecule has 116 valence electrons. The van der Waals surface area contributed by atoms with Crippen molar-refractivity contribution in [2.24, 2.45) is 22.5 Å². The van der Waals surface area contributed by atoms with Gasteiger partial charge in [0.05, 0.1) is 0 Å². The molecule has 0 radical (unpaired) electrons. The lowest BCUT2D eigenvalue weighted by molar-refractivity contribution is -0.132. The summed E-state index contributed by atoms with van der Waals surface area (Å²) in [4.78, 5) is 12.2. The van der Waals surface area contributed by atoms with Crippen LogP contribution >= 0.6 is 0 Å². The van der Waals surface area contributed by atoms with Gasteiger partial charge in [-0.15, -0.1) is 0 Å². The van der Waals surface area contributed by atoms with E-state index in [0.717, 1.165) is 12.3 Å². The number of hydrogen-bond acceptors (Lipinski definition) is 2. The molecule has 2 saturated carbocycles. The first kappa shape index (κ1) is 15.8. The van der Waals surface area contributed by atoms with Crippen molar-refractivity contribution >= 4 is 5.91 Å². The van der Waals surface area contributed by atoms with Crippen LogP contribution in [0.15, 0.2) is 0 Å². The van der Waals surface area contributed by atoms with Gasteiger partial charge in [-0.2, -0.15) is 0 Å². The molecule has 2 fully saturated rings. The van der Waals surface area contributed by atoms with Gasteiger partial charge in [-0.1, -0.05) is 59.8 Å². The normalized spacial score (nSPS) is 32.5. The van der Waals surface area contributed by atoms with Crippen LogP contribution in [0.2, 0.25) is 0 Å². The Balaban J connectivity index is 1.79. The monoisotopic (exact) mass is 280 g/mol. The van der Waals surface area contributed by atoms with Gasteiger partial charge in [0.2, 0.25) is 5.91 Å². The average molecular weight is 280 g/mol. The highest BCUT2D eigenvalue weighted by molar-refractivity contribution is 5.76. The smallest absolute Gasteiger partial charge is 0.220 e. The van der Waals surface area contributed by atoms with E-state index in [2.05, 4.69) is 33.0 Å². The first-order valence-corrected chi connectivity index (χ1v) is 8.31. The fraction of sp³-hybridized carbons (Fsp3) is 0.941. The molecule has 3 N–H and O–H groups in total. The number of nitrogens with one attached hydrogen (secondary N) is 1. The van der Waals surface area contributed by atoms with E-state index < -0.39 is 0 Å². The SMILES string of the molecule is CC1(C)C(N)C(C)(C)C1NC(=O)CCC1CCCCC1. The molecule has 2 rings (SSSR count). The highest BCUT2D eigenvalue weighted by atomic mass is 16.1. The van der Waals surface area contributed by atoms with Crippen molar-refractivity contribution in [1.82, 2.24) is 5.32 Å². The van der Waals surface area contributed by atoms with Gasteiger partial charge in [-0.3, -0.25) is 4.79 Å². The Labute approximate surface area is 124 Å². The van der Waals surface area contributed by atoms with Gasteiger partial charge >= 0.3 is 0 Å². The third-order valence-corrected chi connectivity index (χ3v) is 5.90. The van der Waals surface area contributed by atoms with Crippen LogP contribution in [0.1, 0.15) is 72.6 Å². The minimum atomic E-state index is 0.00397. The zero-order chi connectivity index (χ0) is 15.0. The van der Waals surface area contributed by atoms with Gasteiger partial charge in [-0.25, -0.2) is 0 Å². The van der Waals surface area contributed by atoms with Gasteiger partial charge in [0.1, 0.15) is 0 Å². The molecule has 3 nitrogen and oxygen atoms in total. The molecular weight excluding hydrogens is 248 g/mol. The van der Waals surface area contributed by atoms with E-state index in [9.17, 15) is 4.79 Å². The summed E-state index contributed by atoms with van der Waals surface area (Å²) in [6, 6.07) is 0.350. The average Bonchev–Trinajstić information content (AvgIpc) is 2.42. The molecule has 3 heteroatoms. The van der Waals surface area contributed by atoms with Gasteiger partial charge < -0.3 is 11.1 Å². The topological polar surface area (TPSA) is 55.1 Å². The van der Waals surface area contributed by atoms with Crippen LogP contribution < -0.4 is 11.1 Å². The lowest BCUT2D eigenvalue weighted by Gasteiger charge is -2.62. The number of carbonyl (C=O) groups is 1. The van der Waals surface area contributed by atoms with Crippen molar-refractivity contribution in [2.45, 2.75) is 84.7 Å². The lowest BCUT2D eigenvalue weighted by atomic mass is 9.48. The van der Waals surface area contributed by atoms with Crippen LogP contribution in [-0.2, 0) is 4.79 Å². The minimum absolute atomic E-state index is 0.00397. The Hall–Kier alpha value is -0.570. The summed E-state index contributed by atoms with van der Waals surface area (Å²) in [5.41, 5.74) is 6.25. The Kier molecular flexibility index (Phi) is 4.48. The molecule has 0 aromatic rings. The standard InChI is InChI=1S/C17H32N2O/c1-16(2)14(18)17(3,4)15(16)19-13(20)11-10-12-8-6-5-7-9-12/h12,14-15H,5-11,18H2,1-4H3,(H,19,20). The second kappa shape index (κ2) is 5.67. The molecule has 20 heavy (non-hydrogen) atoms. The van der Waals surface area contributed by atoms with E-state index in [-0.39, 0.29) is 28.8 Å². The number of nitrogens with two attached hydrogens (primary N) is 1. The molecule has 0 aliphatic heterocycles. The molecule has 0 aromatic carbocycles. The largest absolute Gasteiger partial charge is 0.352 e. The molecule has 2 aliphatic rings. The minimum Gasteiger partial charge on any atom is -0.352 e.